The molecule has 3 atom stereocenters. The SMILES string of the molecule is Brc1ccc2cc(-c3cnc([C@@H]4CC5C[C@H]5N4)[nH]3)ccc2c1. The fraction of sp³-hybridized carbons (Fsp3) is 0.278. The zero-order chi connectivity index (χ0) is 14.7. The number of fused-ring (bicyclic) bond motifs is 2. The van der Waals surface area contributed by atoms with E-state index in [0.717, 1.165) is 28.0 Å². The lowest BCUT2D eigenvalue weighted by atomic mass is 10.1. The minimum atomic E-state index is 0.411. The number of aromatic amines is 1. The van der Waals surface area contributed by atoms with Gasteiger partial charge in [-0.2, -0.15) is 0 Å². The lowest BCUT2D eigenvalue weighted by molar-refractivity contribution is 0.543. The van der Waals surface area contributed by atoms with Gasteiger partial charge in [0.25, 0.3) is 0 Å². The lowest BCUT2D eigenvalue weighted by Crippen LogP contribution is -2.18. The molecular formula is C18H16BrN3. The molecule has 2 aromatic carbocycles. The van der Waals surface area contributed by atoms with E-state index >= 15 is 0 Å². The highest BCUT2D eigenvalue weighted by Crippen LogP contribution is 2.45. The fourth-order valence-electron chi connectivity index (χ4n) is 3.58. The maximum atomic E-state index is 4.60. The second-order valence-electron chi connectivity index (χ2n) is 6.45. The van der Waals surface area contributed by atoms with Crippen LogP contribution in [0.5, 0.6) is 0 Å². The van der Waals surface area contributed by atoms with Gasteiger partial charge in [0, 0.05) is 16.1 Å². The molecule has 1 aliphatic carbocycles. The Morgan fingerprint density at radius 1 is 1.05 bits per heavy atom. The molecule has 1 unspecified atom stereocenters. The highest BCUT2D eigenvalue weighted by atomic mass is 79.9. The molecule has 110 valence electrons. The maximum absolute atomic E-state index is 4.60. The highest BCUT2D eigenvalue weighted by molar-refractivity contribution is 9.10. The zero-order valence-electron chi connectivity index (χ0n) is 12.0. The van der Waals surface area contributed by atoms with Gasteiger partial charge in [-0.3, -0.25) is 0 Å². The van der Waals surface area contributed by atoms with E-state index in [0.29, 0.717) is 6.04 Å². The van der Waals surface area contributed by atoms with Crippen molar-refractivity contribution in [2.24, 2.45) is 5.92 Å². The van der Waals surface area contributed by atoms with Crippen LogP contribution in [-0.2, 0) is 0 Å². The summed E-state index contributed by atoms with van der Waals surface area (Å²) in [6.07, 6.45) is 4.54. The number of hydrogen-bond acceptors (Lipinski definition) is 2. The third kappa shape index (κ3) is 2.09. The summed E-state index contributed by atoms with van der Waals surface area (Å²) in [5, 5.41) is 6.14. The molecule has 1 saturated heterocycles. The standard InChI is InChI=1S/C18H16BrN3/c19-14-4-3-10-5-12(2-1-11(10)6-14)17-9-20-18(22-17)16-8-13-7-15(13)21-16/h1-6,9,13,15-16,21H,7-8H2,(H,20,22)/t13?,15-,16+/m1/s1. The van der Waals surface area contributed by atoms with Crippen molar-refractivity contribution in [2.45, 2.75) is 24.9 Å². The van der Waals surface area contributed by atoms with Crippen LogP contribution in [0.3, 0.4) is 0 Å². The summed E-state index contributed by atoms with van der Waals surface area (Å²) in [7, 11) is 0. The van der Waals surface area contributed by atoms with Gasteiger partial charge in [0.05, 0.1) is 17.9 Å². The van der Waals surface area contributed by atoms with Crippen LogP contribution >= 0.6 is 15.9 Å². The van der Waals surface area contributed by atoms with E-state index < -0.39 is 0 Å². The number of piperidine rings is 1. The van der Waals surface area contributed by atoms with Crippen LogP contribution in [0, 0.1) is 5.92 Å². The number of rotatable bonds is 2. The summed E-state index contributed by atoms with van der Waals surface area (Å²) in [5.74, 6) is 1.97. The highest BCUT2D eigenvalue weighted by Gasteiger charge is 2.46. The summed E-state index contributed by atoms with van der Waals surface area (Å²) in [4.78, 5) is 8.10. The van der Waals surface area contributed by atoms with Crippen LogP contribution in [0.4, 0.5) is 0 Å². The van der Waals surface area contributed by atoms with Gasteiger partial charge in [-0.05, 0) is 47.7 Å². The van der Waals surface area contributed by atoms with Crippen LogP contribution in [0.2, 0.25) is 0 Å². The van der Waals surface area contributed by atoms with Gasteiger partial charge in [0.2, 0.25) is 0 Å². The molecule has 3 nitrogen and oxygen atoms in total. The van der Waals surface area contributed by atoms with Crippen LogP contribution in [0.1, 0.15) is 24.7 Å². The molecule has 1 saturated carbocycles. The van der Waals surface area contributed by atoms with Gasteiger partial charge in [0.1, 0.15) is 5.82 Å². The maximum Gasteiger partial charge on any atom is 0.123 e. The largest absolute Gasteiger partial charge is 0.341 e. The average molecular weight is 354 g/mol. The van der Waals surface area contributed by atoms with Crippen molar-refractivity contribution in [2.75, 3.05) is 0 Å². The topological polar surface area (TPSA) is 40.7 Å². The molecule has 4 heteroatoms. The first kappa shape index (κ1) is 12.9. The van der Waals surface area contributed by atoms with Gasteiger partial charge in [0.15, 0.2) is 0 Å². The van der Waals surface area contributed by atoms with Crippen LogP contribution in [0.15, 0.2) is 47.1 Å². The zero-order valence-corrected chi connectivity index (χ0v) is 13.6. The number of hydrogen-bond donors (Lipinski definition) is 2. The molecule has 0 bridgehead atoms. The van der Waals surface area contributed by atoms with E-state index in [1.165, 1.54) is 29.2 Å². The quantitative estimate of drug-likeness (QED) is 0.716. The predicted octanol–water partition coefficient (Wildman–Crippen LogP) is 4.42. The summed E-state index contributed by atoms with van der Waals surface area (Å²) in [6.45, 7) is 0. The smallest absolute Gasteiger partial charge is 0.123 e. The van der Waals surface area contributed by atoms with Crippen molar-refractivity contribution < 1.29 is 0 Å². The molecule has 2 aliphatic rings. The molecule has 2 heterocycles. The van der Waals surface area contributed by atoms with Crippen molar-refractivity contribution in [3.63, 3.8) is 0 Å². The molecule has 1 aliphatic heterocycles. The van der Waals surface area contributed by atoms with Gasteiger partial charge < -0.3 is 10.3 Å². The lowest BCUT2D eigenvalue weighted by Gasteiger charge is -2.09. The molecular weight excluding hydrogens is 338 g/mol. The van der Waals surface area contributed by atoms with Gasteiger partial charge in [-0.25, -0.2) is 4.98 Å². The predicted molar refractivity (Wildman–Crippen MR) is 91.6 cm³/mol. The first-order valence-electron chi connectivity index (χ1n) is 7.77. The summed E-state index contributed by atoms with van der Waals surface area (Å²) >= 11 is 3.52. The molecule has 1 aromatic heterocycles. The number of benzene rings is 2. The number of nitrogens with one attached hydrogen (secondary N) is 2. The first-order chi connectivity index (χ1) is 10.8. The Morgan fingerprint density at radius 2 is 1.91 bits per heavy atom. The Bertz CT molecular complexity index is 860. The molecule has 3 aromatic rings. The molecule has 0 spiro atoms. The molecule has 5 rings (SSSR count). The molecule has 22 heavy (non-hydrogen) atoms. The Hall–Kier alpha value is -1.65. The molecule has 0 amide bonds. The number of halogens is 1. The first-order valence-corrected chi connectivity index (χ1v) is 8.56. The molecule has 2 N–H and O–H groups in total. The Morgan fingerprint density at radius 3 is 2.77 bits per heavy atom. The average Bonchev–Trinajstić information content (AvgIpc) is 2.96. The van der Waals surface area contributed by atoms with Crippen molar-refractivity contribution >= 4 is 26.7 Å². The summed E-state index contributed by atoms with van der Waals surface area (Å²) in [6, 6.07) is 14.1. The normalized spacial score (nSPS) is 26.3. The summed E-state index contributed by atoms with van der Waals surface area (Å²) in [5.41, 5.74) is 2.29. The van der Waals surface area contributed by atoms with Gasteiger partial charge >= 0.3 is 0 Å². The van der Waals surface area contributed by atoms with E-state index in [2.05, 4.69) is 67.6 Å². The van der Waals surface area contributed by atoms with Gasteiger partial charge in [-0.15, -0.1) is 0 Å². The van der Waals surface area contributed by atoms with E-state index in [-0.39, 0.29) is 0 Å². The van der Waals surface area contributed by atoms with E-state index in [4.69, 9.17) is 0 Å². The van der Waals surface area contributed by atoms with E-state index in [1.807, 2.05) is 6.20 Å². The third-order valence-electron chi connectivity index (χ3n) is 4.92. The Kier molecular flexibility index (Phi) is 2.73. The molecule has 2 fully saturated rings. The second-order valence-corrected chi connectivity index (χ2v) is 7.36. The minimum Gasteiger partial charge on any atom is -0.341 e. The Labute approximate surface area is 137 Å². The van der Waals surface area contributed by atoms with Gasteiger partial charge in [-0.1, -0.05) is 34.1 Å². The van der Waals surface area contributed by atoms with Crippen LogP contribution in [-0.4, -0.2) is 16.0 Å². The Balaban J connectivity index is 1.49. The number of aromatic nitrogens is 2. The number of imidazole rings is 1. The third-order valence-corrected chi connectivity index (χ3v) is 5.41. The van der Waals surface area contributed by atoms with Crippen molar-refractivity contribution in [1.29, 1.82) is 0 Å². The monoisotopic (exact) mass is 353 g/mol. The van der Waals surface area contributed by atoms with Crippen LogP contribution in [0.25, 0.3) is 22.0 Å². The number of nitrogens with zero attached hydrogens (tertiary/aromatic N) is 1. The van der Waals surface area contributed by atoms with E-state index in [1.54, 1.807) is 0 Å². The van der Waals surface area contributed by atoms with Crippen molar-refractivity contribution in [3.05, 3.63) is 52.9 Å². The van der Waals surface area contributed by atoms with E-state index in [9.17, 15) is 0 Å². The second kappa shape index (κ2) is 4.67. The van der Waals surface area contributed by atoms with Crippen molar-refractivity contribution in [3.8, 4) is 11.3 Å². The molecule has 0 radical (unpaired) electrons. The number of H-pyrrole nitrogens is 1. The minimum absolute atomic E-state index is 0.411. The van der Waals surface area contributed by atoms with Crippen molar-refractivity contribution in [1.82, 2.24) is 15.3 Å². The summed E-state index contributed by atoms with van der Waals surface area (Å²) < 4.78 is 1.11. The fourth-order valence-corrected chi connectivity index (χ4v) is 3.96. The van der Waals surface area contributed by atoms with Crippen LogP contribution < -0.4 is 5.32 Å².